The Morgan fingerprint density at radius 3 is 2.44 bits per heavy atom. The second-order valence-corrected chi connectivity index (χ2v) is 6.35. The molecule has 4 heteroatoms. The summed E-state index contributed by atoms with van der Waals surface area (Å²) in [4.78, 5) is 4.45. The molecule has 2 heterocycles. The van der Waals surface area contributed by atoms with Crippen LogP contribution in [0.2, 0.25) is 0 Å². The van der Waals surface area contributed by atoms with Crippen molar-refractivity contribution in [2.45, 2.75) is 19.9 Å². The molecule has 0 saturated heterocycles. The van der Waals surface area contributed by atoms with E-state index < -0.39 is 0 Å². The van der Waals surface area contributed by atoms with Gasteiger partial charge in [0, 0.05) is 34.9 Å². The van der Waals surface area contributed by atoms with Gasteiger partial charge in [-0.15, -0.1) is 0 Å². The van der Waals surface area contributed by atoms with Crippen LogP contribution < -0.4 is 0 Å². The van der Waals surface area contributed by atoms with Crippen LogP contribution in [0, 0.1) is 5.82 Å². The van der Waals surface area contributed by atoms with Crippen molar-refractivity contribution in [2.24, 2.45) is 0 Å². The molecule has 0 aliphatic carbocycles. The summed E-state index contributed by atoms with van der Waals surface area (Å²) in [5, 5.41) is 5.85. The van der Waals surface area contributed by atoms with E-state index in [-0.39, 0.29) is 11.9 Å². The molecule has 0 saturated carbocycles. The molecule has 0 atom stereocenters. The first-order chi connectivity index (χ1) is 12.1. The Balaban J connectivity index is 1.98. The van der Waals surface area contributed by atoms with E-state index in [2.05, 4.69) is 31.1 Å². The molecule has 25 heavy (non-hydrogen) atoms. The fourth-order valence-corrected chi connectivity index (χ4v) is 3.00. The van der Waals surface area contributed by atoms with Crippen molar-refractivity contribution < 1.29 is 4.39 Å². The molecule has 0 aliphatic rings. The maximum atomic E-state index is 13.3. The highest BCUT2D eigenvalue weighted by atomic mass is 19.1. The highest BCUT2D eigenvalue weighted by Gasteiger charge is 2.16. The van der Waals surface area contributed by atoms with Crippen molar-refractivity contribution in [3.8, 4) is 22.4 Å². The van der Waals surface area contributed by atoms with E-state index in [1.165, 1.54) is 12.1 Å². The van der Waals surface area contributed by atoms with Gasteiger partial charge in [-0.25, -0.2) is 4.39 Å². The number of nitrogens with zero attached hydrogens (tertiary/aromatic N) is 3. The van der Waals surface area contributed by atoms with Crippen LogP contribution in [0.4, 0.5) is 4.39 Å². The number of hydrogen-bond acceptors (Lipinski definition) is 2. The standard InChI is InChI=1S/C21H18FN3/c1-14(2)25-13-19(21(24-25)15-7-9-16(22)10-8-15)17-11-12-23-20-6-4-3-5-18(17)20/h3-14H,1-2H3. The van der Waals surface area contributed by atoms with Crippen LogP contribution in [0.15, 0.2) is 67.0 Å². The quantitative estimate of drug-likeness (QED) is 0.497. The van der Waals surface area contributed by atoms with Crippen molar-refractivity contribution >= 4 is 10.9 Å². The van der Waals surface area contributed by atoms with Gasteiger partial charge in [0.15, 0.2) is 0 Å². The molecule has 0 aliphatic heterocycles. The molecule has 124 valence electrons. The molecule has 4 aromatic rings. The summed E-state index contributed by atoms with van der Waals surface area (Å²) < 4.78 is 15.3. The maximum absolute atomic E-state index is 13.3. The molecule has 0 amide bonds. The van der Waals surface area contributed by atoms with Crippen LogP contribution in [0.1, 0.15) is 19.9 Å². The van der Waals surface area contributed by atoms with E-state index in [0.717, 1.165) is 33.3 Å². The first kappa shape index (κ1) is 15.5. The van der Waals surface area contributed by atoms with Crippen LogP contribution in [-0.2, 0) is 0 Å². The molecule has 2 aromatic heterocycles. The third kappa shape index (κ3) is 2.80. The monoisotopic (exact) mass is 331 g/mol. The normalized spacial score (nSPS) is 11.4. The van der Waals surface area contributed by atoms with Crippen LogP contribution >= 0.6 is 0 Å². The van der Waals surface area contributed by atoms with Gasteiger partial charge < -0.3 is 0 Å². The third-order valence-corrected chi connectivity index (χ3v) is 4.32. The van der Waals surface area contributed by atoms with E-state index in [1.807, 2.05) is 35.1 Å². The number of halogens is 1. The average Bonchev–Trinajstić information content (AvgIpc) is 3.07. The highest BCUT2D eigenvalue weighted by Crippen LogP contribution is 2.35. The summed E-state index contributed by atoms with van der Waals surface area (Å²) in [6.45, 7) is 4.19. The lowest BCUT2D eigenvalue weighted by Gasteiger charge is -2.06. The summed E-state index contributed by atoms with van der Waals surface area (Å²) in [6.07, 6.45) is 3.88. The predicted octanol–water partition coefficient (Wildman–Crippen LogP) is 5.49. The Labute approximate surface area is 145 Å². The molecule has 0 bridgehead atoms. The minimum Gasteiger partial charge on any atom is -0.269 e. The molecule has 0 N–H and O–H groups in total. The number of fused-ring (bicyclic) bond motifs is 1. The van der Waals surface area contributed by atoms with Gasteiger partial charge in [-0.2, -0.15) is 5.10 Å². The largest absolute Gasteiger partial charge is 0.269 e. The molecule has 0 unspecified atom stereocenters. The van der Waals surface area contributed by atoms with Crippen LogP contribution in [0.5, 0.6) is 0 Å². The van der Waals surface area contributed by atoms with Gasteiger partial charge in [0.2, 0.25) is 0 Å². The molecular formula is C21H18FN3. The first-order valence-electron chi connectivity index (χ1n) is 8.32. The molecule has 2 aromatic carbocycles. The minimum atomic E-state index is -0.247. The smallest absolute Gasteiger partial charge is 0.123 e. The second kappa shape index (κ2) is 6.13. The number of hydrogen-bond donors (Lipinski definition) is 0. The van der Waals surface area contributed by atoms with Crippen molar-refractivity contribution in [1.82, 2.24) is 14.8 Å². The third-order valence-electron chi connectivity index (χ3n) is 4.32. The average molecular weight is 331 g/mol. The summed E-state index contributed by atoms with van der Waals surface area (Å²) in [5.41, 5.74) is 4.81. The van der Waals surface area contributed by atoms with E-state index in [0.29, 0.717) is 0 Å². The van der Waals surface area contributed by atoms with E-state index in [9.17, 15) is 4.39 Å². The Morgan fingerprint density at radius 1 is 0.920 bits per heavy atom. The van der Waals surface area contributed by atoms with Gasteiger partial charge in [-0.1, -0.05) is 18.2 Å². The lowest BCUT2D eigenvalue weighted by Crippen LogP contribution is -2.00. The maximum Gasteiger partial charge on any atom is 0.123 e. The lowest BCUT2D eigenvalue weighted by atomic mass is 9.99. The van der Waals surface area contributed by atoms with Crippen LogP contribution in [0.25, 0.3) is 33.3 Å². The van der Waals surface area contributed by atoms with E-state index >= 15 is 0 Å². The predicted molar refractivity (Wildman–Crippen MR) is 98.7 cm³/mol. The lowest BCUT2D eigenvalue weighted by molar-refractivity contribution is 0.534. The molecular weight excluding hydrogens is 313 g/mol. The van der Waals surface area contributed by atoms with Crippen molar-refractivity contribution in [3.63, 3.8) is 0 Å². The molecule has 4 rings (SSSR count). The zero-order valence-electron chi connectivity index (χ0n) is 14.1. The van der Waals surface area contributed by atoms with Gasteiger partial charge in [0.05, 0.1) is 5.52 Å². The Morgan fingerprint density at radius 2 is 1.68 bits per heavy atom. The zero-order chi connectivity index (χ0) is 17.4. The summed E-state index contributed by atoms with van der Waals surface area (Å²) >= 11 is 0. The molecule has 3 nitrogen and oxygen atoms in total. The second-order valence-electron chi connectivity index (χ2n) is 6.35. The Hall–Kier alpha value is -3.01. The van der Waals surface area contributed by atoms with Gasteiger partial charge in [-0.3, -0.25) is 9.67 Å². The number of benzene rings is 2. The molecule has 0 spiro atoms. The first-order valence-corrected chi connectivity index (χ1v) is 8.32. The van der Waals surface area contributed by atoms with E-state index in [1.54, 1.807) is 12.1 Å². The topological polar surface area (TPSA) is 30.7 Å². The van der Waals surface area contributed by atoms with Gasteiger partial charge in [0.25, 0.3) is 0 Å². The molecule has 0 radical (unpaired) electrons. The van der Waals surface area contributed by atoms with Crippen LogP contribution in [-0.4, -0.2) is 14.8 Å². The van der Waals surface area contributed by atoms with E-state index in [4.69, 9.17) is 5.10 Å². The number of para-hydroxylation sites is 1. The molecule has 0 fully saturated rings. The summed E-state index contributed by atoms with van der Waals surface area (Å²) in [5.74, 6) is -0.247. The van der Waals surface area contributed by atoms with Crippen LogP contribution in [0.3, 0.4) is 0 Å². The van der Waals surface area contributed by atoms with Gasteiger partial charge in [-0.05, 0) is 55.8 Å². The van der Waals surface area contributed by atoms with Crippen molar-refractivity contribution in [1.29, 1.82) is 0 Å². The van der Waals surface area contributed by atoms with Gasteiger partial charge in [0.1, 0.15) is 11.5 Å². The highest BCUT2D eigenvalue weighted by molar-refractivity contribution is 5.97. The van der Waals surface area contributed by atoms with Crippen molar-refractivity contribution in [3.05, 3.63) is 72.8 Å². The SMILES string of the molecule is CC(C)n1cc(-c2ccnc3ccccc23)c(-c2ccc(F)cc2)n1. The number of rotatable bonds is 3. The number of aromatic nitrogens is 3. The van der Waals surface area contributed by atoms with Gasteiger partial charge >= 0.3 is 0 Å². The summed E-state index contributed by atoms with van der Waals surface area (Å²) in [7, 11) is 0. The fraction of sp³-hybridized carbons (Fsp3) is 0.143. The Kier molecular flexibility index (Phi) is 3.80. The minimum absolute atomic E-state index is 0.237. The zero-order valence-corrected chi connectivity index (χ0v) is 14.1. The van der Waals surface area contributed by atoms with Crippen molar-refractivity contribution in [2.75, 3.05) is 0 Å². The number of pyridine rings is 1. The fourth-order valence-electron chi connectivity index (χ4n) is 3.00. The summed E-state index contributed by atoms with van der Waals surface area (Å²) in [6, 6.07) is 16.8. The Bertz CT molecular complexity index is 1030.